The topological polar surface area (TPSA) is 83.8 Å². The molecule has 0 heterocycles. The molecule has 1 unspecified atom stereocenters. The maximum Gasteiger partial charge on any atom is 0.328 e. The lowest BCUT2D eigenvalue weighted by atomic mass is 9.76. The number of hydrogen-bond donors (Lipinski definition) is 2. The average molecular weight is 315 g/mol. The van der Waals surface area contributed by atoms with E-state index in [0.717, 1.165) is 0 Å². The van der Waals surface area contributed by atoms with Gasteiger partial charge in [0.1, 0.15) is 0 Å². The fraction of sp³-hybridized carbons (Fsp3) is 0.467. The molecule has 1 atom stereocenters. The maximum absolute atomic E-state index is 12.3. The first-order valence-corrected chi connectivity index (χ1v) is 7.14. The Hall–Kier alpha value is -1.59. The number of hydrogen-bond acceptors (Lipinski definition) is 4. The van der Waals surface area contributed by atoms with E-state index in [2.05, 4.69) is 0 Å². The number of carbonyl (C=O) groups is 2. The summed E-state index contributed by atoms with van der Waals surface area (Å²) >= 11 is 5.81. The summed E-state index contributed by atoms with van der Waals surface area (Å²) in [6.07, 6.45) is 0.871. The number of aliphatic hydroxyl groups is 1. The first kappa shape index (κ1) is 17.5. The van der Waals surface area contributed by atoms with Gasteiger partial charge in [-0.2, -0.15) is 0 Å². The smallest absolute Gasteiger partial charge is 0.328 e. The van der Waals surface area contributed by atoms with Gasteiger partial charge in [0, 0.05) is 11.6 Å². The number of carbonyl (C=O) groups excluding carboxylic acids is 1. The molecule has 2 N–H and O–H groups in total. The van der Waals surface area contributed by atoms with E-state index in [1.165, 1.54) is 12.1 Å². The number of ether oxygens (including phenoxy) is 1. The highest BCUT2D eigenvalue weighted by Crippen LogP contribution is 2.33. The molecule has 0 aliphatic carbocycles. The van der Waals surface area contributed by atoms with Crippen LogP contribution in [-0.2, 0) is 19.7 Å². The second kappa shape index (κ2) is 8.00. The fourth-order valence-electron chi connectivity index (χ4n) is 2.17. The average Bonchev–Trinajstić information content (AvgIpc) is 2.45. The van der Waals surface area contributed by atoms with Crippen LogP contribution >= 0.6 is 11.6 Å². The lowest BCUT2D eigenvalue weighted by Crippen LogP contribution is -2.45. The van der Waals surface area contributed by atoms with Crippen LogP contribution in [0.5, 0.6) is 0 Å². The Labute approximate surface area is 128 Å². The number of benzene rings is 1. The Bertz CT molecular complexity index is 485. The lowest BCUT2D eigenvalue weighted by molar-refractivity contribution is -0.162. The van der Waals surface area contributed by atoms with Gasteiger partial charge in [-0.25, -0.2) is 0 Å². The summed E-state index contributed by atoms with van der Waals surface area (Å²) in [4.78, 5) is 24.1. The van der Waals surface area contributed by atoms with E-state index in [4.69, 9.17) is 21.4 Å². The zero-order chi connectivity index (χ0) is 15.9. The van der Waals surface area contributed by atoms with Crippen LogP contribution in [0.4, 0.5) is 0 Å². The van der Waals surface area contributed by atoms with Crippen LogP contribution in [0.3, 0.4) is 0 Å². The van der Waals surface area contributed by atoms with Crippen LogP contribution in [0.15, 0.2) is 24.3 Å². The second-order valence-electron chi connectivity index (χ2n) is 4.62. The van der Waals surface area contributed by atoms with Crippen molar-refractivity contribution in [1.82, 2.24) is 0 Å². The molecule has 5 nitrogen and oxygen atoms in total. The number of unbranched alkanes of at least 4 members (excludes halogenated alkanes) is 1. The number of carboxylic acids is 1. The molecule has 0 saturated heterocycles. The minimum absolute atomic E-state index is 0.0564. The summed E-state index contributed by atoms with van der Waals surface area (Å²) in [5, 5.41) is 19.0. The third kappa shape index (κ3) is 3.95. The predicted octanol–water partition coefficient (Wildman–Crippen LogP) is 2.39. The van der Waals surface area contributed by atoms with Crippen LogP contribution < -0.4 is 0 Å². The Morgan fingerprint density at radius 2 is 1.86 bits per heavy atom. The zero-order valence-corrected chi connectivity index (χ0v) is 12.6. The monoisotopic (exact) mass is 314 g/mol. The number of carboxylic acid groups (broad SMARTS) is 1. The van der Waals surface area contributed by atoms with Gasteiger partial charge < -0.3 is 14.9 Å². The van der Waals surface area contributed by atoms with Crippen LogP contribution in [0.25, 0.3) is 0 Å². The molecule has 0 radical (unpaired) electrons. The van der Waals surface area contributed by atoms with Crippen LogP contribution in [0.1, 0.15) is 31.7 Å². The molecule has 0 amide bonds. The normalized spacial score (nSPS) is 13.5. The highest BCUT2D eigenvalue weighted by molar-refractivity contribution is 6.30. The molecule has 1 rings (SSSR count). The molecule has 1 aromatic rings. The van der Waals surface area contributed by atoms with E-state index in [1.54, 1.807) is 19.1 Å². The summed E-state index contributed by atoms with van der Waals surface area (Å²) in [7, 11) is 0. The van der Waals surface area contributed by atoms with Crippen molar-refractivity contribution in [3.8, 4) is 0 Å². The predicted molar refractivity (Wildman–Crippen MR) is 78.3 cm³/mol. The summed E-state index contributed by atoms with van der Waals surface area (Å²) < 4.78 is 4.97. The molecular formula is C15H19ClO5. The van der Waals surface area contributed by atoms with Crippen LogP contribution in [-0.4, -0.2) is 35.4 Å². The number of aliphatic carboxylic acids is 1. The summed E-state index contributed by atoms with van der Waals surface area (Å²) in [6.45, 7) is 1.67. The molecule has 0 aromatic heterocycles. The van der Waals surface area contributed by atoms with Gasteiger partial charge in [0.25, 0.3) is 0 Å². The highest BCUT2D eigenvalue weighted by Gasteiger charge is 2.48. The minimum Gasteiger partial charge on any atom is -0.480 e. The van der Waals surface area contributed by atoms with E-state index >= 15 is 0 Å². The largest absolute Gasteiger partial charge is 0.480 e. The third-order valence-corrected chi connectivity index (χ3v) is 3.54. The van der Waals surface area contributed by atoms with Gasteiger partial charge in [-0.3, -0.25) is 9.59 Å². The minimum atomic E-state index is -1.77. The van der Waals surface area contributed by atoms with E-state index < -0.39 is 17.4 Å². The summed E-state index contributed by atoms with van der Waals surface area (Å²) in [5.74, 6) is -2.06. The van der Waals surface area contributed by atoms with Crippen LogP contribution in [0.2, 0.25) is 5.02 Å². The molecule has 0 saturated carbocycles. The molecule has 0 spiro atoms. The molecule has 116 valence electrons. The van der Waals surface area contributed by atoms with Gasteiger partial charge in [0.05, 0.1) is 6.61 Å². The number of rotatable bonds is 8. The van der Waals surface area contributed by atoms with E-state index in [9.17, 15) is 14.7 Å². The first-order chi connectivity index (χ1) is 9.98. The SMILES string of the molecule is CCOC(=O)C(CCCCO)(C(=O)O)c1ccc(Cl)cc1. The standard InChI is InChI=1S/C15H19ClO5/c1-2-21-14(20)15(13(18)19,9-3-4-10-17)11-5-7-12(16)8-6-11/h5-8,17H,2-4,9-10H2,1H3,(H,18,19). The van der Waals surface area contributed by atoms with Gasteiger partial charge >= 0.3 is 11.9 Å². The van der Waals surface area contributed by atoms with Gasteiger partial charge in [-0.1, -0.05) is 23.7 Å². The van der Waals surface area contributed by atoms with Crippen molar-refractivity contribution in [2.45, 2.75) is 31.6 Å². The van der Waals surface area contributed by atoms with Crippen molar-refractivity contribution in [3.63, 3.8) is 0 Å². The molecule has 0 aliphatic heterocycles. The molecule has 1 aromatic carbocycles. The zero-order valence-electron chi connectivity index (χ0n) is 11.8. The molecule has 0 fully saturated rings. The Morgan fingerprint density at radius 3 is 2.33 bits per heavy atom. The third-order valence-electron chi connectivity index (χ3n) is 3.29. The number of esters is 1. The van der Waals surface area contributed by atoms with Gasteiger partial charge in [0.15, 0.2) is 5.41 Å². The summed E-state index contributed by atoms with van der Waals surface area (Å²) in [6, 6.07) is 6.12. The first-order valence-electron chi connectivity index (χ1n) is 6.76. The summed E-state index contributed by atoms with van der Waals surface area (Å²) in [5.41, 5.74) is -1.44. The maximum atomic E-state index is 12.3. The van der Waals surface area contributed by atoms with Gasteiger partial charge in [-0.15, -0.1) is 0 Å². The Morgan fingerprint density at radius 1 is 1.24 bits per heavy atom. The van der Waals surface area contributed by atoms with Crippen molar-refractivity contribution in [2.75, 3.05) is 13.2 Å². The second-order valence-corrected chi connectivity index (χ2v) is 5.05. The Kier molecular flexibility index (Phi) is 6.65. The van der Waals surface area contributed by atoms with Crippen molar-refractivity contribution < 1.29 is 24.5 Å². The Balaban J connectivity index is 3.25. The van der Waals surface area contributed by atoms with Gasteiger partial charge in [-0.05, 0) is 43.9 Å². The quantitative estimate of drug-likeness (QED) is 0.437. The fourth-order valence-corrected chi connectivity index (χ4v) is 2.30. The van der Waals surface area contributed by atoms with E-state index in [0.29, 0.717) is 23.4 Å². The van der Waals surface area contributed by atoms with Crippen molar-refractivity contribution >= 4 is 23.5 Å². The van der Waals surface area contributed by atoms with E-state index in [-0.39, 0.29) is 19.6 Å². The number of aliphatic hydroxyl groups excluding tert-OH is 1. The molecule has 21 heavy (non-hydrogen) atoms. The van der Waals surface area contributed by atoms with E-state index in [1.807, 2.05) is 0 Å². The van der Waals surface area contributed by atoms with Crippen molar-refractivity contribution in [3.05, 3.63) is 34.9 Å². The molecule has 0 bridgehead atoms. The molecule has 0 aliphatic rings. The van der Waals surface area contributed by atoms with Crippen molar-refractivity contribution in [2.24, 2.45) is 0 Å². The number of halogens is 1. The molecule has 6 heteroatoms. The lowest BCUT2D eigenvalue weighted by Gasteiger charge is -2.27. The van der Waals surface area contributed by atoms with Crippen molar-refractivity contribution in [1.29, 1.82) is 0 Å². The van der Waals surface area contributed by atoms with Crippen LogP contribution in [0, 0.1) is 0 Å². The molecular weight excluding hydrogens is 296 g/mol. The highest BCUT2D eigenvalue weighted by atomic mass is 35.5. The van der Waals surface area contributed by atoms with Gasteiger partial charge in [0.2, 0.25) is 0 Å².